The van der Waals surface area contributed by atoms with E-state index in [0.717, 1.165) is 32.2 Å². The number of hydrogen-bond donors (Lipinski definition) is 2. The molecular formula is C23H31N3O4. The van der Waals surface area contributed by atoms with E-state index in [4.69, 9.17) is 10.5 Å². The molecule has 162 valence electrons. The van der Waals surface area contributed by atoms with E-state index in [2.05, 4.69) is 4.98 Å². The molecule has 2 aliphatic rings. The fourth-order valence-electron chi connectivity index (χ4n) is 4.18. The number of aromatic carboxylic acids is 1. The summed E-state index contributed by atoms with van der Waals surface area (Å²) in [7, 11) is 0. The van der Waals surface area contributed by atoms with Crippen LogP contribution in [0.5, 0.6) is 0 Å². The van der Waals surface area contributed by atoms with Crippen molar-refractivity contribution in [1.29, 1.82) is 0 Å². The van der Waals surface area contributed by atoms with E-state index in [-0.39, 0.29) is 29.1 Å². The largest absolute Gasteiger partial charge is 0.491 e. The third kappa shape index (κ3) is 4.50. The first-order chi connectivity index (χ1) is 14.3. The molecule has 1 aliphatic carbocycles. The number of aromatic nitrogens is 1. The van der Waals surface area contributed by atoms with Crippen LogP contribution in [0.2, 0.25) is 0 Å². The molecule has 1 saturated heterocycles. The van der Waals surface area contributed by atoms with Crippen molar-refractivity contribution >= 4 is 23.3 Å². The zero-order valence-corrected chi connectivity index (χ0v) is 18.0. The van der Waals surface area contributed by atoms with Gasteiger partial charge < -0.3 is 20.5 Å². The summed E-state index contributed by atoms with van der Waals surface area (Å²) in [6.07, 6.45) is 10.2. The molecule has 0 aromatic carbocycles. The minimum atomic E-state index is -1.10. The molecule has 0 saturated carbocycles. The number of carboxylic acids is 1. The van der Waals surface area contributed by atoms with Crippen LogP contribution < -0.4 is 5.73 Å². The Hall–Kier alpha value is -2.83. The summed E-state index contributed by atoms with van der Waals surface area (Å²) in [5, 5.41) is 9.58. The molecular weight excluding hydrogens is 382 g/mol. The number of allylic oxidation sites excluding steroid dienone is 3. The molecule has 7 nitrogen and oxygen atoms in total. The van der Waals surface area contributed by atoms with Crippen LogP contribution in [0.1, 0.15) is 66.8 Å². The van der Waals surface area contributed by atoms with E-state index in [1.165, 1.54) is 0 Å². The number of nitrogens with two attached hydrogens (primary N) is 1. The van der Waals surface area contributed by atoms with Crippen LogP contribution in [0.4, 0.5) is 5.69 Å². The number of fused-ring (bicyclic) bond motifs is 1. The first-order valence-corrected chi connectivity index (χ1v) is 10.6. The Morgan fingerprint density at radius 3 is 2.80 bits per heavy atom. The van der Waals surface area contributed by atoms with E-state index in [0.29, 0.717) is 35.7 Å². The van der Waals surface area contributed by atoms with E-state index in [1.54, 1.807) is 13.0 Å². The lowest BCUT2D eigenvalue weighted by atomic mass is 10.0. The molecule has 1 aromatic rings. The normalized spacial score (nSPS) is 19.0. The predicted octanol–water partition coefficient (Wildman–Crippen LogP) is 3.57. The predicted molar refractivity (Wildman–Crippen MR) is 116 cm³/mol. The average Bonchev–Trinajstić information content (AvgIpc) is 3.03. The molecule has 0 bridgehead atoms. The Labute approximate surface area is 177 Å². The second-order valence-corrected chi connectivity index (χ2v) is 8.28. The highest BCUT2D eigenvalue weighted by Gasteiger charge is 2.29. The SMILES string of the molecule is Cc1nc2c(c(N)c1C(=O)O)C(OCC1CCCCCN1C(=O)C(C)C)=CC=CC2. The number of rotatable bonds is 5. The molecule has 0 spiro atoms. The lowest BCUT2D eigenvalue weighted by Crippen LogP contribution is -2.44. The Morgan fingerprint density at radius 2 is 2.10 bits per heavy atom. The van der Waals surface area contributed by atoms with Gasteiger partial charge in [-0.15, -0.1) is 0 Å². The van der Waals surface area contributed by atoms with Crippen molar-refractivity contribution in [3.05, 3.63) is 40.7 Å². The third-order valence-corrected chi connectivity index (χ3v) is 5.73. The summed E-state index contributed by atoms with van der Waals surface area (Å²) < 4.78 is 6.20. The molecule has 1 unspecified atom stereocenters. The van der Waals surface area contributed by atoms with Crippen LogP contribution in [-0.4, -0.2) is 46.1 Å². The van der Waals surface area contributed by atoms with Gasteiger partial charge in [-0.25, -0.2) is 4.79 Å². The Kier molecular flexibility index (Phi) is 6.80. The summed E-state index contributed by atoms with van der Waals surface area (Å²) in [4.78, 5) is 30.9. The lowest BCUT2D eigenvalue weighted by Gasteiger charge is -2.32. The lowest BCUT2D eigenvalue weighted by molar-refractivity contribution is -0.137. The van der Waals surface area contributed by atoms with Crippen LogP contribution >= 0.6 is 0 Å². The van der Waals surface area contributed by atoms with Gasteiger partial charge in [0.15, 0.2) is 0 Å². The molecule has 7 heteroatoms. The highest BCUT2D eigenvalue weighted by Crippen LogP contribution is 2.33. The number of amides is 1. The number of nitrogens with zero attached hydrogens (tertiary/aromatic N) is 2. The number of ether oxygens (including phenoxy) is 1. The number of anilines is 1. The number of hydrogen-bond acceptors (Lipinski definition) is 5. The molecule has 3 rings (SSSR count). The summed E-state index contributed by atoms with van der Waals surface area (Å²) in [5.74, 6) is -0.514. The molecule has 1 atom stereocenters. The molecule has 0 radical (unpaired) electrons. The minimum Gasteiger partial charge on any atom is -0.491 e. The summed E-state index contributed by atoms with van der Waals surface area (Å²) in [5.41, 5.74) is 8.10. The van der Waals surface area contributed by atoms with Gasteiger partial charge in [-0.3, -0.25) is 9.78 Å². The van der Waals surface area contributed by atoms with Gasteiger partial charge in [-0.1, -0.05) is 38.8 Å². The van der Waals surface area contributed by atoms with Crippen LogP contribution in [0.3, 0.4) is 0 Å². The number of aryl methyl sites for hydroxylation is 1. The zero-order chi connectivity index (χ0) is 21.8. The monoisotopic (exact) mass is 413 g/mol. The van der Waals surface area contributed by atoms with Gasteiger partial charge in [0.05, 0.1) is 28.7 Å². The van der Waals surface area contributed by atoms with Gasteiger partial charge in [-0.05, 0) is 25.8 Å². The average molecular weight is 414 g/mol. The standard InChI is InChI=1S/C23H31N3O4/c1-14(2)22(27)26-12-8-4-5-9-16(26)13-30-18-11-7-6-10-17-20(18)21(24)19(23(28)29)15(3)25-17/h6-7,11,14,16H,4-5,8-10,12-13H2,1-3H3,(H2,24,25)(H,28,29). The Morgan fingerprint density at radius 1 is 1.33 bits per heavy atom. The molecule has 1 fully saturated rings. The maximum Gasteiger partial charge on any atom is 0.339 e. The molecule has 2 heterocycles. The number of carbonyl (C=O) groups excluding carboxylic acids is 1. The van der Waals surface area contributed by atoms with Crippen molar-refractivity contribution in [2.75, 3.05) is 18.9 Å². The summed E-state index contributed by atoms with van der Waals surface area (Å²) in [6.45, 7) is 6.57. The van der Waals surface area contributed by atoms with Gasteiger partial charge >= 0.3 is 5.97 Å². The minimum absolute atomic E-state index is 0.0104. The van der Waals surface area contributed by atoms with E-state index < -0.39 is 5.97 Å². The van der Waals surface area contributed by atoms with Crippen molar-refractivity contribution in [1.82, 2.24) is 9.88 Å². The highest BCUT2D eigenvalue weighted by molar-refractivity contribution is 5.98. The van der Waals surface area contributed by atoms with Gasteiger partial charge in [0.2, 0.25) is 5.91 Å². The summed E-state index contributed by atoms with van der Waals surface area (Å²) in [6, 6.07) is -0.0161. The number of carboxylic acid groups (broad SMARTS) is 1. The molecule has 1 amide bonds. The number of carbonyl (C=O) groups is 2. The van der Waals surface area contributed by atoms with Crippen LogP contribution in [0, 0.1) is 12.8 Å². The smallest absolute Gasteiger partial charge is 0.339 e. The van der Waals surface area contributed by atoms with E-state index >= 15 is 0 Å². The van der Waals surface area contributed by atoms with Crippen LogP contribution in [-0.2, 0) is 16.0 Å². The highest BCUT2D eigenvalue weighted by atomic mass is 16.5. The van der Waals surface area contributed by atoms with Crippen LogP contribution in [0.15, 0.2) is 18.2 Å². The van der Waals surface area contributed by atoms with Gasteiger partial charge in [0, 0.05) is 18.9 Å². The maximum absolute atomic E-state index is 12.7. The number of pyridine rings is 1. The maximum atomic E-state index is 12.7. The molecule has 30 heavy (non-hydrogen) atoms. The fourth-order valence-corrected chi connectivity index (χ4v) is 4.18. The Bertz CT molecular complexity index is 889. The third-order valence-electron chi connectivity index (χ3n) is 5.73. The molecule has 1 aromatic heterocycles. The molecule has 3 N–H and O–H groups in total. The quantitative estimate of drug-likeness (QED) is 0.764. The first-order valence-electron chi connectivity index (χ1n) is 10.6. The van der Waals surface area contributed by atoms with Crippen molar-refractivity contribution in [3.8, 4) is 0 Å². The van der Waals surface area contributed by atoms with Crippen molar-refractivity contribution in [2.24, 2.45) is 5.92 Å². The van der Waals surface area contributed by atoms with Crippen molar-refractivity contribution in [2.45, 2.75) is 58.9 Å². The second-order valence-electron chi connectivity index (χ2n) is 8.28. The van der Waals surface area contributed by atoms with Crippen LogP contribution in [0.25, 0.3) is 5.76 Å². The second kappa shape index (κ2) is 9.32. The van der Waals surface area contributed by atoms with Gasteiger partial charge in [0.1, 0.15) is 17.9 Å². The fraction of sp³-hybridized carbons (Fsp3) is 0.522. The Balaban J connectivity index is 1.89. The van der Waals surface area contributed by atoms with E-state index in [1.807, 2.05) is 30.9 Å². The number of nitrogen functional groups attached to an aromatic ring is 1. The zero-order valence-electron chi connectivity index (χ0n) is 18.0. The molecule has 1 aliphatic heterocycles. The summed E-state index contributed by atoms with van der Waals surface area (Å²) >= 11 is 0. The first kappa shape index (κ1) is 21.9. The topological polar surface area (TPSA) is 106 Å². The van der Waals surface area contributed by atoms with Crippen molar-refractivity contribution < 1.29 is 19.4 Å². The van der Waals surface area contributed by atoms with Gasteiger partial charge in [0.25, 0.3) is 0 Å². The van der Waals surface area contributed by atoms with E-state index in [9.17, 15) is 14.7 Å². The van der Waals surface area contributed by atoms with Crippen molar-refractivity contribution in [3.63, 3.8) is 0 Å². The van der Waals surface area contributed by atoms with Gasteiger partial charge in [-0.2, -0.15) is 0 Å². The number of likely N-dealkylation sites (tertiary alicyclic amines) is 1.